The number of carbonyl (C=O) groups is 1. The third-order valence-corrected chi connectivity index (χ3v) is 2.42. The molecule has 0 atom stereocenters. The van der Waals surface area contributed by atoms with Gasteiger partial charge in [-0.15, -0.1) is 5.10 Å². The van der Waals surface area contributed by atoms with E-state index in [0.717, 1.165) is 5.56 Å². The summed E-state index contributed by atoms with van der Waals surface area (Å²) in [6.07, 6.45) is -0.0222. The van der Waals surface area contributed by atoms with Gasteiger partial charge in [0, 0.05) is 10.6 Å². The molecule has 0 spiro atoms. The lowest BCUT2D eigenvalue weighted by atomic mass is 10.2. The highest BCUT2D eigenvalue weighted by Crippen LogP contribution is 2.18. The summed E-state index contributed by atoms with van der Waals surface area (Å²) in [6, 6.07) is 7.02. The van der Waals surface area contributed by atoms with Crippen LogP contribution in [0.5, 0.6) is 0 Å². The summed E-state index contributed by atoms with van der Waals surface area (Å²) in [5.41, 5.74) is 0.796. The van der Waals surface area contributed by atoms with Crippen LogP contribution in [0.25, 0.3) is 11.4 Å². The molecule has 0 aliphatic heterocycles. The smallest absolute Gasteiger partial charge is 0.305 e. The van der Waals surface area contributed by atoms with Gasteiger partial charge in [0.1, 0.15) is 0 Å². The normalized spacial score (nSPS) is 10.4. The summed E-state index contributed by atoms with van der Waals surface area (Å²) in [7, 11) is 0. The zero-order valence-electron chi connectivity index (χ0n) is 8.75. The maximum absolute atomic E-state index is 10.5. The summed E-state index contributed by atoms with van der Waals surface area (Å²) in [6.45, 7) is 0.236. The number of aromatic nitrogens is 4. The highest BCUT2D eigenvalue weighted by molar-refractivity contribution is 6.30. The molecule has 0 fully saturated rings. The van der Waals surface area contributed by atoms with E-state index in [9.17, 15) is 4.79 Å². The van der Waals surface area contributed by atoms with Crippen molar-refractivity contribution in [1.82, 2.24) is 20.2 Å². The number of benzene rings is 1. The lowest BCUT2D eigenvalue weighted by molar-refractivity contribution is -0.137. The average molecular weight is 253 g/mol. The summed E-state index contributed by atoms with van der Waals surface area (Å²) in [4.78, 5) is 10.5. The van der Waals surface area contributed by atoms with E-state index in [2.05, 4.69) is 15.5 Å². The number of halogens is 1. The number of aliphatic carboxylic acids is 1. The predicted octanol–water partition coefficient (Wildman–Crippen LogP) is 1.47. The van der Waals surface area contributed by atoms with E-state index in [1.807, 2.05) is 0 Å². The fraction of sp³-hybridized carbons (Fsp3) is 0.200. The molecule has 88 valence electrons. The average Bonchev–Trinajstić information content (AvgIpc) is 2.75. The zero-order valence-corrected chi connectivity index (χ0v) is 9.50. The molecule has 0 bridgehead atoms. The van der Waals surface area contributed by atoms with Gasteiger partial charge in [-0.05, 0) is 34.7 Å². The Morgan fingerprint density at radius 1 is 1.35 bits per heavy atom. The van der Waals surface area contributed by atoms with E-state index in [-0.39, 0.29) is 13.0 Å². The molecule has 2 rings (SSSR count). The molecular formula is C10H9ClN4O2. The summed E-state index contributed by atoms with van der Waals surface area (Å²) in [5.74, 6) is -0.356. The van der Waals surface area contributed by atoms with Crippen molar-refractivity contribution in [2.45, 2.75) is 13.0 Å². The molecule has 0 radical (unpaired) electrons. The van der Waals surface area contributed by atoms with E-state index in [0.29, 0.717) is 10.8 Å². The van der Waals surface area contributed by atoms with Crippen molar-refractivity contribution in [1.29, 1.82) is 0 Å². The standard InChI is InChI=1S/C10H9ClN4O2/c11-8-3-1-7(2-4-8)10-12-13-14-15(10)6-5-9(16)17/h1-4H,5-6H2,(H,16,17). The van der Waals surface area contributed by atoms with Gasteiger partial charge in [-0.1, -0.05) is 11.6 Å². The third-order valence-electron chi connectivity index (χ3n) is 2.17. The van der Waals surface area contributed by atoms with Gasteiger partial charge in [0.25, 0.3) is 0 Å². The van der Waals surface area contributed by atoms with Crippen molar-refractivity contribution in [2.75, 3.05) is 0 Å². The number of carboxylic acid groups (broad SMARTS) is 1. The Bertz CT molecular complexity index is 523. The lowest BCUT2D eigenvalue weighted by Gasteiger charge is -2.02. The fourth-order valence-corrected chi connectivity index (χ4v) is 1.49. The molecule has 0 saturated carbocycles. The first-order valence-electron chi connectivity index (χ1n) is 4.91. The molecule has 0 amide bonds. The molecule has 7 heteroatoms. The number of rotatable bonds is 4. The first-order valence-corrected chi connectivity index (χ1v) is 5.28. The van der Waals surface area contributed by atoms with Gasteiger partial charge >= 0.3 is 5.97 Å². The number of aryl methyl sites for hydroxylation is 1. The second-order valence-corrected chi connectivity index (χ2v) is 3.81. The molecule has 1 aromatic heterocycles. The highest BCUT2D eigenvalue weighted by Gasteiger charge is 2.09. The Kier molecular flexibility index (Phi) is 3.34. The summed E-state index contributed by atoms with van der Waals surface area (Å²) >= 11 is 5.78. The predicted molar refractivity (Wildman–Crippen MR) is 60.5 cm³/mol. The number of hydrogen-bond acceptors (Lipinski definition) is 4. The van der Waals surface area contributed by atoms with Gasteiger partial charge in [-0.3, -0.25) is 4.79 Å². The summed E-state index contributed by atoms with van der Waals surface area (Å²) in [5, 5.41) is 20.4. The second-order valence-electron chi connectivity index (χ2n) is 3.38. The first-order chi connectivity index (χ1) is 8.16. The third kappa shape index (κ3) is 2.79. The summed E-state index contributed by atoms with van der Waals surface area (Å²) < 4.78 is 1.46. The van der Waals surface area contributed by atoms with E-state index in [1.165, 1.54) is 4.68 Å². The maximum atomic E-state index is 10.5. The van der Waals surface area contributed by atoms with Gasteiger partial charge in [-0.25, -0.2) is 4.68 Å². The van der Waals surface area contributed by atoms with E-state index in [1.54, 1.807) is 24.3 Å². The molecule has 0 aliphatic carbocycles. The largest absolute Gasteiger partial charge is 0.481 e. The van der Waals surface area contributed by atoms with Crippen LogP contribution in [0.15, 0.2) is 24.3 Å². The Balaban J connectivity index is 2.24. The van der Waals surface area contributed by atoms with Crippen LogP contribution in [0.4, 0.5) is 0 Å². The quantitative estimate of drug-likeness (QED) is 0.891. The molecule has 0 unspecified atom stereocenters. The first kappa shape index (κ1) is 11.5. The molecular weight excluding hydrogens is 244 g/mol. The second kappa shape index (κ2) is 4.92. The minimum absolute atomic E-state index is 0.0222. The van der Waals surface area contributed by atoms with Gasteiger partial charge in [-0.2, -0.15) is 0 Å². The van der Waals surface area contributed by atoms with Crippen LogP contribution in [0.1, 0.15) is 6.42 Å². The molecule has 2 aromatic rings. The van der Waals surface area contributed by atoms with E-state index >= 15 is 0 Å². The molecule has 1 N–H and O–H groups in total. The van der Waals surface area contributed by atoms with Gasteiger partial charge in [0.05, 0.1) is 13.0 Å². The zero-order chi connectivity index (χ0) is 12.3. The van der Waals surface area contributed by atoms with E-state index < -0.39 is 5.97 Å². The van der Waals surface area contributed by atoms with Crippen molar-refractivity contribution in [3.8, 4) is 11.4 Å². The van der Waals surface area contributed by atoms with Crippen molar-refractivity contribution in [3.05, 3.63) is 29.3 Å². The topological polar surface area (TPSA) is 80.9 Å². The van der Waals surface area contributed by atoms with Crippen LogP contribution >= 0.6 is 11.6 Å². The van der Waals surface area contributed by atoms with Crippen LogP contribution in [-0.2, 0) is 11.3 Å². The molecule has 1 aromatic carbocycles. The minimum atomic E-state index is -0.887. The monoisotopic (exact) mass is 252 g/mol. The molecule has 1 heterocycles. The minimum Gasteiger partial charge on any atom is -0.481 e. The SMILES string of the molecule is O=C(O)CCn1nnnc1-c1ccc(Cl)cc1. The van der Waals surface area contributed by atoms with Crippen LogP contribution in [0.2, 0.25) is 5.02 Å². The Morgan fingerprint density at radius 2 is 2.06 bits per heavy atom. The number of carboxylic acids is 1. The highest BCUT2D eigenvalue weighted by atomic mass is 35.5. The lowest BCUT2D eigenvalue weighted by Crippen LogP contribution is -2.07. The Morgan fingerprint density at radius 3 is 2.71 bits per heavy atom. The number of nitrogens with zero attached hydrogens (tertiary/aromatic N) is 4. The van der Waals surface area contributed by atoms with Crippen LogP contribution in [0.3, 0.4) is 0 Å². The Hall–Kier alpha value is -1.95. The van der Waals surface area contributed by atoms with Gasteiger partial charge in [0.2, 0.25) is 0 Å². The number of hydrogen-bond donors (Lipinski definition) is 1. The van der Waals surface area contributed by atoms with Crippen LogP contribution in [-0.4, -0.2) is 31.3 Å². The van der Waals surface area contributed by atoms with Crippen molar-refractivity contribution in [3.63, 3.8) is 0 Å². The van der Waals surface area contributed by atoms with E-state index in [4.69, 9.17) is 16.7 Å². The Labute approximate surface area is 102 Å². The molecule has 6 nitrogen and oxygen atoms in total. The molecule has 0 saturated heterocycles. The van der Waals surface area contributed by atoms with Gasteiger partial charge in [0.15, 0.2) is 5.82 Å². The van der Waals surface area contributed by atoms with Gasteiger partial charge < -0.3 is 5.11 Å². The molecule has 0 aliphatic rings. The van der Waals surface area contributed by atoms with Crippen LogP contribution < -0.4 is 0 Å². The van der Waals surface area contributed by atoms with Crippen molar-refractivity contribution >= 4 is 17.6 Å². The van der Waals surface area contributed by atoms with Crippen molar-refractivity contribution in [2.24, 2.45) is 0 Å². The van der Waals surface area contributed by atoms with Crippen LogP contribution in [0, 0.1) is 0 Å². The fourth-order valence-electron chi connectivity index (χ4n) is 1.36. The number of tetrazole rings is 1. The van der Waals surface area contributed by atoms with Crippen molar-refractivity contribution < 1.29 is 9.90 Å². The molecule has 17 heavy (non-hydrogen) atoms. The maximum Gasteiger partial charge on any atom is 0.305 e.